The lowest BCUT2D eigenvalue weighted by molar-refractivity contribution is -0.144. The summed E-state index contributed by atoms with van der Waals surface area (Å²) in [5.74, 6) is 0.280. The van der Waals surface area contributed by atoms with Gasteiger partial charge in [-0.15, -0.1) is 11.3 Å². The third kappa shape index (κ3) is 5.43. The van der Waals surface area contributed by atoms with Crippen LogP contribution in [0.25, 0.3) is 0 Å². The van der Waals surface area contributed by atoms with E-state index in [-0.39, 0.29) is 43.4 Å². The Morgan fingerprint density at radius 2 is 2.13 bits per heavy atom. The average molecular weight is 447 g/mol. The number of hydrogen-bond donors (Lipinski definition) is 0. The molecule has 0 bridgehead atoms. The molecule has 1 aromatic carbocycles. The highest BCUT2D eigenvalue weighted by molar-refractivity contribution is 7.10. The van der Waals surface area contributed by atoms with Crippen molar-refractivity contribution in [2.75, 3.05) is 40.0 Å². The van der Waals surface area contributed by atoms with Crippen molar-refractivity contribution in [1.82, 2.24) is 9.80 Å². The Labute approximate surface area is 185 Å². The van der Waals surface area contributed by atoms with Gasteiger partial charge in [0, 0.05) is 31.1 Å². The molecular weight excluding hydrogens is 419 g/mol. The second-order valence-electron chi connectivity index (χ2n) is 8.07. The molecule has 1 aliphatic carbocycles. The smallest absolute Gasteiger partial charge is 0.249 e. The zero-order valence-corrected chi connectivity index (χ0v) is 18.4. The third-order valence-corrected chi connectivity index (χ3v) is 6.74. The number of nitrogens with zero attached hydrogens (tertiary/aromatic N) is 2. The van der Waals surface area contributed by atoms with Gasteiger partial charge in [0.2, 0.25) is 11.8 Å². The lowest BCUT2D eigenvalue weighted by atomic mass is 10.0. The molecule has 0 spiro atoms. The van der Waals surface area contributed by atoms with Crippen molar-refractivity contribution >= 4 is 23.2 Å². The van der Waals surface area contributed by atoms with Gasteiger partial charge < -0.3 is 19.3 Å². The third-order valence-electron chi connectivity index (χ3n) is 5.74. The largest absolute Gasteiger partial charge is 0.491 e. The van der Waals surface area contributed by atoms with Crippen LogP contribution in [0.15, 0.2) is 35.7 Å². The topological polar surface area (TPSA) is 59.1 Å². The number of methoxy groups -OCH3 is 1. The number of carbonyl (C=O) groups is 2. The summed E-state index contributed by atoms with van der Waals surface area (Å²) in [5.41, 5.74) is 1.07. The molecule has 1 saturated carbocycles. The summed E-state index contributed by atoms with van der Waals surface area (Å²) in [6.07, 6.45) is 2.97. The number of fused-ring (bicyclic) bond motifs is 1. The molecule has 0 N–H and O–H groups in total. The molecule has 0 unspecified atom stereocenters. The molecule has 31 heavy (non-hydrogen) atoms. The van der Waals surface area contributed by atoms with Crippen molar-refractivity contribution in [3.05, 3.63) is 52.0 Å². The van der Waals surface area contributed by atoms with Gasteiger partial charge >= 0.3 is 0 Å². The van der Waals surface area contributed by atoms with Crippen molar-refractivity contribution in [2.24, 2.45) is 5.92 Å². The zero-order chi connectivity index (χ0) is 21.8. The fourth-order valence-corrected chi connectivity index (χ4v) is 4.87. The molecule has 1 fully saturated rings. The SMILES string of the molecule is COCC(=O)N(CC(=O)N1CCc2sccc2[C@@H]1COc1cccc(F)c1)CC1CC1. The molecule has 1 atom stereocenters. The predicted molar refractivity (Wildman–Crippen MR) is 116 cm³/mol. The van der Waals surface area contributed by atoms with Crippen molar-refractivity contribution < 1.29 is 23.5 Å². The number of halogens is 1. The average Bonchev–Trinajstić information content (AvgIpc) is 3.44. The van der Waals surface area contributed by atoms with Crippen LogP contribution in [0.4, 0.5) is 4.39 Å². The Morgan fingerprint density at radius 1 is 1.29 bits per heavy atom. The van der Waals surface area contributed by atoms with E-state index in [1.807, 2.05) is 11.4 Å². The molecule has 0 saturated heterocycles. The van der Waals surface area contributed by atoms with Gasteiger partial charge in [-0.1, -0.05) is 6.07 Å². The Kier molecular flexibility index (Phi) is 6.87. The van der Waals surface area contributed by atoms with Crippen molar-refractivity contribution in [2.45, 2.75) is 25.3 Å². The van der Waals surface area contributed by atoms with Gasteiger partial charge in [-0.2, -0.15) is 0 Å². The molecule has 166 valence electrons. The molecule has 4 rings (SSSR count). The maximum absolute atomic E-state index is 13.5. The second-order valence-corrected chi connectivity index (χ2v) is 9.07. The number of carbonyl (C=O) groups excluding carboxylic acids is 2. The number of hydrogen-bond acceptors (Lipinski definition) is 5. The molecule has 6 nitrogen and oxygen atoms in total. The van der Waals surface area contributed by atoms with Crippen molar-refractivity contribution in [3.8, 4) is 5.75 Å². The van der Waals surface area contributed by atoms with Crippen molar-refractivity contribution in [1.29, 1.82) is 0 Å². The summed E-state index contributed by atoms with van der Waals surface area (Å²) in [6, 6.07) is 7.76. The highest BCUT2D eigenvalue weighted by Gasteiger charge is 2.34. The maximum Gasteiger partial charge on any atom is 0.249 e. The first-order chi connectivity index (χ1) is 15.0. The molecule has 2 aromatic rings. The van der Waals surface area contributed by atoms with Crippen LogP contribution in [-0.2, 0) is 20.7 Å². The lowest BCUT2D eigenvalue weighted by Gasteiger charge is -2.37. The first-order valence-electron chi connectivity index (χ1n) is 10.6. The van der Waals surface area contributed by atoms with Gasteiger partial charge in [0.05, 0.1) is 12.6 Å². The minimum atomic E-state index is -0.363. The number of benzene rings is 1. The maximum atomic E-state index is 13.5. The number of thiophene rings is 1. The van der Waals surface area contributed by atoms with E-state index in [0.29, 0.717) is 24.8 Å². The number of amides is 2. The Hall–Kier alpha value is -2.45. The van der Waals surface area contributed by atoms with Gasteiger partial charge in [-0.05, 0) is 54.3 Å². The minimum Gasteiger partial charge on any atom is -0.491 e. The van der Waals surface area contributed by atoms with Gasteiger partial charge in [0.15, 0.2) is 0 Å². The quantitative estimate of drug-likeness (QED) is 0.593. The number of rotatable bonds is 9. The first kappa shape index (κ1) is 21.8. The highest BCUT2D eigenvalue weighted by Crippen LogP contribution is 2.34. The van der Waals surface area contributed by atoms with Gasteiger partial charge in [0.25, 0.3) is 0 Å². The molecule has 2 heterocycles. The van der Waals surface area contributed by atoms with E-state index in [4.69, 9.17) is 9.47 Å². The predicted octanol–water partition coefficient (Wildman–Crippen LogP) is 3.28. The van der Waals surface area contributed by atoms with Gasteiger partial charge in [-0.3, -0.25) is 9.59 Å². The Balaban J connectivity index is 1.48. The normalized spacial score (nSPS) is 17.9. The molecule has 8 heteroatoms. The van der Waals surface area contributed by atoms with Crippen LogP contribution in [0.1, 0.15) is 29.3 Å². The Bertz CT molecular complexity index is 930. The van der Waals surface area contributed by atoms with Crippen LogP contribution in [0, 0.1) is 11.7 Å². The summed E-state index contributed by atoms with van der Waals surface area (Å²) in [6.45, 7) is 1.40. The summed E-state index contributed by atoms with van der Waals surface area (Å²) >= 11 is 1.67. The van der Waals surface area contributed by atoms with E-state index in [9.17, 15) is 14.0 Å². The van der Waals surface area contributed by atoms with Crippen LogP contribution < -0.4 is 4.74 Å². The number of ether oxygens (including phenoxy) is 2. The highest BCUT2D eigenvalue weighted by atomic mass is 32.1. The zero-order valence-electron chi connectivity index (χ0n) is 17.6. The van der Waals surface area contributed by atoms with E-state index in [2.05, 4.69) is 0 Å². The summed E-state index contributed by atoms with van der Waals surface area (Å²) in [7, 11) is 1.48. The van der Waals surface area contributed by atoms with E-state index >= 15 is 0 Å². The summed E-state index contributed by atoms with van der Waals surface area (Å²) in [4.78, 5) is 30.4. The van der Waals surface area contributed by atoms with Crippen molar-refractivity contribution in [3.63, 3.8) is 0 Å². The second kappa shape index (κ2) is 9.78. The molecule has 0 radical (unpaired) electrons. The Morgan fingerprint density at radius 3 is 2.87 bits per heavy atom. The summed E-state index contributed by atoms with van der Waals surface area (Å²) < 4.78 is 24.4. The molecule has 1 aromatic heterocycles. The molecule has 2 aliphatic rings. The molecule has 2 amide bonds. The van der Waals surface area contributed by atoms with E-state index in [1.165, 1.54) is 24.1 Å². The van der Waals surface area contributed by atoms with Crippen LogP contribution >= 0.6 is 11.3 Å². The summed E-state index contributed by atoms with van der Waals surface area (Å²) in [5, 5.41) is 2.02. The first-order valence-corrected chi connectivity index (χ1v) is 11.4. The molecular formula is C23H27FN2O4S. The standard InChI is InChI=1S/C23H27FN2O4S/c1-29-15-23(28)25(12-16-5-6-16)13-22(27)26-9-7-21-19(8-10-31-21)20(26)14-30-18-4-2-3-17(24)11-18/h2-4,8,10-11,16,20H,5-7,9,12-15H2,1H3/t20-/m0/s1. The molecule has 1 aliphatic heterocycles. The minimum absolute atomic E-state index is 0.0270. The van der Waals surface area contributed by atoms with E-state index in [0.717, 1.165) is 24.8 Å². The van der Waals surface area contributed by atoms with E-state index in [1.54, 1.807) is 33.3 Å². The fourth-order valence-electron chi connectivity index (χ4n) is 3.94. The van der Waals surface area contributed by atoms with E-state index < -0.39 is 0 Å². The van der Waals surface area contributed by atoms with Crippen LogP contribution in [0.2, 0.25) is 0 Å². The van der Waals surface area contributed by atoms with Crippen LogP contribution in [0.5, 0.6) is 5.75 Å². The fraction of sp³-hybridized carbons (Fsp3) is 0.478. The lowest BCUT2D eigenvalue weighted by Crippen LogP contribution is -2.48. The van der Waals surface area contributed by atoms with Crippen LogP contribution in [0.3, 0.4) is 0 Å². The van der Waals surface area contributed by atoms with Gasteiger partial charge in [-0.25, -0.2) is 4.39 Å². The van der Waals surface area contributed by atoms with Gasteiger partial charge in [0.1, 0.15) is 24.8 Å². The van der Waals surface area contributed by atoms with Crippen LogP contribution in [-0.4, -0.2) is 61.6 Å². The monoisotopic (exact) mass is 446 g/mol.